The van der Waals surface area contributed by atoms with E-state index in [1.807, 2.05) is 38.1 Å². The predicted octanol–water partition coefficient (Wildman–Crippen LogP) is 6.51. The minimum absolute atomic E-state index is 0.126. The normalized spacial score (nSPS) is 20.4. The molecule has 0 bridgehead atoms. The second-order valence-corrected chi connectivity index (χ2v) is 9.40. The molecule has 0 spiro atoms. The Morgan fingerprint density at radius 1 is 0.968 bits per heavy atom. The minimum atomic E-state index is -0.198. The maximum Gasteiger partial charge on any atom is 0.163 e. The fourth-order valence-electron chi connectivity index (χ4n) is 4.48. The Morgan fingerprint density at radius 2 is 1.74 bits per heavy atom. The van der Waals surface area contributed by atoms with Gasteiger partial charge in [-0.3, -0.25) is 4.79 Å². The number of hydrogen-bond acceptors (Lipinski definition) is 5. The molecule has 5 heteroatoms. The van der Waals surface area contributed by atoms with Crippen molar-refractivity contribution in [2.45, 2.75) is 44.8 Å². The van der Waals surface area contributed by atoms with Crippen LogP contribution in [-0.4, -0.2) is 11.9 Å². The highest BCUT2D eigenvalue weighted by molar-refractivity contribution is 7.10. The van der Waals surface area contributed by atoms with Crippen LogP contribution in [0.5, 0.6) is 5.75 Å². The second-order valence-electron chi connectivity index (χ2n) is 8.42. The number of ketones is 1. The summed E-state index contributed by atoms with van der Waals surface area (Å²) in [6.07, 6.45) is 1.51. The number of rotatable bonds is 4. The van der Waals surface area contributed by atoms with E-state index in [1.54, 1.807) is 11.3 Å². The first kappa shape index (κ1) is 19.9. The third kappa shape index (κ3) is 3.98. The highest BCUT2D eigenvalue weighted by Crippen LogP contribution is 2.45. The number of carbonyl (C=O) groups is 1. The predicted molar refractivity (Wildman–Crippen MR) is 127 cm³/mol. The number of allylic oxidation sites excluding steroid dienone is 1. The molecule has 2 atom stereocenters. The fourth-order valence-corrected chi connectivity index (χ4v) is 5.31. The third-order valence-corrected chi connectivity index (χ3v) is 6.87. The van der Waals surface area contributed by atoms with Crippen molar-refractivity contribution >= 4 is 28.5 Å². The van der Waals surface area contributed by atoms with E-state index in [9.17, 15) is 4.79 Å². The fraction of sp³-hybridized carbons (Fsp3) is 0.269. The van der Waals surface area contributed by atoms with Crippen LogP contribution in [-0.2, 0) is 4.79 Å². The summed E-state index contributed by atoms with van der Waals surface area (Å²) in [7, 11) is 0. The Kier molecular flexibility index (Phi) is 5.28. The Balaban J connectivity index is 1.56. The van der Waals surface area contributed by atoms with Gasteiger partial charge in [0, 0.05) is 28.5 Å². The summed E-state index contributed by atoms with van der Waals surface area (Å²) in [6, 6.07) is 20.3. The first-order valence-electron chi connectivity index (χ1n) is 10.8. The quantitative estimate of drug-likeness (QED) is 0.495. The van der Waals surface area contributed by atoms with Gasteiger partial charge in [-0.2, -0.15) is 0 Å². The molecule has 5 rings (SSSR count). The zero-order valence-electron chi connectivity index (χ0n) is 17.7. The van der Waals surface area contributed by atoms with Crippen molar-refractivity contribution in [1.82, 2.24) is 0 Å². The third-order valence-electron chi connectivity index (χ3n) is 5.84. The maximum absolute atomic E-state index is 13.5. The molecule has 2 aromatic carbocycles. The highest BCUT2D eigenvalue weighted by atomic mass is 32.1. The van der Waals surface area contributed by atoms with Crippen LogP contribution in [0.1, 0.15) is 49.1 Å². The van der Waals surface area contributed by atoms with Gasteiger partial charge >= 0.3 is 0 Å². The van der Waals surface area contributed by atoms with Crippen LogP contribution < -0.4 is 15.4 Å². The van der Waals surface area contributed by atoms with Crippen molar-refractivity contribution in [1.29, 1.82) is 0 Å². The van der Waals surface area contributed by atoms with Crippen LogP contribution in [0.25, 0.3) is 0 Å². The number of nitrogens with one attached hydrogen (secondary N) is 2. The topological polar surface area (TPSA) is 50.4 Å². The van der Waals surface area contributed by atoms with E-state index in [4.69, 9.17) is 4.74 Å². The molecule has 2 N–H and O–H groups in total. The van der Waals surface area contributed by atoms with Crippen LogP contribution in [0.4, 0.5) is 11.4 Å². The van der Waals surface area contributed by atoms with Gasteiger partial charge in [-0.25, -0.2) is 0 Å². The lowest BCUT2D eigenvalue weighted by molar-refractivity contribution is -0.116. The molecule has 4 nitrogen and oxygen atoms in total. The summed E-state index contributed by atoms with van der Waals surface area (Å²) in [4.78, 5) is 14.8. The van der Waals surface area contributed by atoms with Crippen LogP contribution in [0.15, 0.2) is 77.3 Å². The number of anilines is 2. The van der Waals surface area contributed by atoms with Gasteiger partial charge in [0.05, 0.1) is 23.5 Å². The molecule has 0 amide bonds. The van der Waals surface area contributed by atoms with Gasteiger partial charge in [-0.1, -0.05) is 30.3 Å². The molecule has 0 saturated heterocycles. The van der Waals surface area contributed by atoms with Gasteiger partial charge in [0.2, 0.25) is 0 Å². The monoisotopic (exact) mass is 430 g/mol. The van der Waals surface area contributed by atoms with Crippen molar-refractivity contribution < 1.29 is 9.53 Å². The van der Waals surface area contributed by atoms with E-state index >= 15 is 0 Å². The average molecular weight is 431 g/mol. The number of fused-ring (bicyclic) bond motifs is 1. The summed E-state index contributed by atoms with van der Waals surface area (Å²) in [5, 5.41) is 9.32. The number of benzene rings is 2. The van der Waals surface area contributed by atoms with E-state index in [0.29, 0.717) is 6.42 Å². The van der Waals surface area contributed by atoms with Gasteiger partial charge in [-0.05, 0) is 61.5 Å². The van der Waals surface area contributed by atoms with E-state index in [2.05, 4.69) is 52.4 Å². The van der Waals surface area contributed by atoms with Crippen molar-refractivity contribution in [3.63, 3.8) is 0 Å². The molecule has 0 saturated carbocycles. The smallest absolute Gasteiger partial charge is 0.163 e. The molecule has 1 aliphatic heterocycles. The van der Waals surface area contributed by atoms with Crippen LogP contribution in [0.3, 0.4) is 0 Å². The zero-order valence-corrected chi connectivity index (χ0v) is 18.5. The standard InChI is InChI=1S/C26H26N2O2S/c1-16(2)30-19-11-9-17(10-12-19)26-25-22(27-20-6-3-4-7-21(20)28-26)14-18(15-23(25)29)24-8-5-13-31-24/h3-13,16,18,26-28H,14-15H2,1-2H3/t18-,26+/m1/s1. The molecule has 31 heavy (non-hydrogen) atoms. The van der Waals surface area contributed by atoms with E-state index in [1.165, 1.54) is 4.88 Å². The molecule has 0 unspecified atom stereocenters. The van der Waals surface area contributed by atoms with Crippen molar-refractivity contribution in [3.8, 4) is 5.75 Å². The van der Waals surface area contributed by atoms with Crippen LogP contribution in [0.2, 0.25) is 0 Å². The Bertz CT molecular complexity index is 1120. The molecule has 2 aliphatic rings. The summed E-state index contributed by atoms with van der Waals surface area (Å²) in [5.41, 5.74) is 4.95. The van der Waals surface area contributed by atoms with E-state index < -0.39 is 0 Å². The van der Waals surface area contributed by atoms with E-state index in [0.717, 1.165) is 40.4 Å². The first-order valence-corrected chi connectivity index (χ1v) is 11.7. The lowest BCUT2D eigenvalue weighted by atomic mass is 9.81. The van der Waals surface area contributed by atoms with Gasteiger partial charge in [0.15, 0.2) is 5.78 Å². The molecular weight excluding hydrogens is 404 g/mol. The van der Waals surface area contributed by atoms with Gasteiger partial charge < -0.3 is 15.4 Å². The molecular formula is C26H26N2O2S. The lowest BCUT2D eigenvalue weighted by Crippen LogP contribution is -2.26. The summed E-state index contributed by atoms with van der Waals surface area (Å²) in [5.74, 6) is 1.28. The van der Waals surface area contributed by atoms with Crippen molar-refractivity contribution in [2.75, 3.05) is 10.6 Å². The Hall–Kier alpha value is -3.05. The number of hydrogen-bond donors (Lipinski definition) is 2. The first-order chi connectivity index (χ1) is 15.1. The van der Waals surface area contributed by atoms with Gasteiger partial charge in [-0.15, -0.1) is 11.3 Å². The molecule has 2 heterocycles. The zero-order chi connectivity index (χ0) is 21.4. The van der Waals surface area contributed by atoms with Crippen LogP contribution in [0, 0.1) is 0 Å². The lowest BCUT2D eigenvalue weighted by Gasteiger charge is -2.29. The maximum atomic E-state index is 13.5. The largest absolute Gasteiger partial charge is 0.491 e. The summed E-state index contributed by atoms with van der Waals surface area (Å²) >= 11 is 1.73. The number of ether oxygens (including phenoxy) is 1. The Labute approximate surface area is 187 Å². The molecule has 0 radical (unpaired) electrons. The number of carbonyl (C=O) groups excluding carboxylic acids is 1. The van der Waals surface area contributed by atoms with E-state index in [-0.39, 0.29) is 23.8 Å². The van der Waals surface area contributed by atoms with Crippen LogP contribution >= 0.6 is 11.3 Å². The highest BCUT2D eigenvalue weighted by Gasteiger charge is 2.36. The SMILES string of the molecule is CC(C)Oc1ccc([C@@H]2Nc3ccccc3NC3=C2C(=O)C[C@H](c2cccs2)C3)cc1. The average Bonchev–Trinajstić information content (AvgIpc) is 3.23. The van der Waals surface area contributed by atoms with Crippen molar-refractivity contribution in [3.05, 3.63) is 87.8 Å². The molecule has 158 valence electrons. The van der Waals surface area contributed by atoms with Gasteiger partial charge in [0.25, 0.3) is 0 Å². The molecule has 1 aliphatic carbocycles. The Morgan fingerprint density at radius 3 is 2.45 bits per heavy atom. The second kappa shape index (κ2) is 8.23. The molecule has 3 aromatic rings. The number of thiophene rings is 1. The number of Topliss-reactive ketones (excluding diaryl/α,β-unsaturated/α-hetero) is 1. The molecule has 1 aromatic heterocycles. The molecule has 0 fully saturated rings. The van der Waals surface area contributed by atoms with Crippen molar-refractivity contribution in [2.24, 2.45) is 0 Å². The van der Waals surface area contributed by atoms with Gasteiger partial charge in [0.1, 0.15) is 5.75 Å². The summed E-state index contributed by atoms with van der Waals surface area (Å²) < 4.78 is 5.81. The summed E-state index contributed by atoms with van der Waals surface area (Å²) in [6.45, 7) is 4.04. The minimum Gasteiger partial charge on any atom is -0.491 e. The number of para-hydroxylation sites is 2.